The fourth-order valence-corrected chi connectivity index (χ4v) is 1.81. The Morgan fingerprint density at radius 2 is 2.06 bits per heavy atom. The van der Waals surface area contributed by atoms with Crippen molar-refractivity contribution in [1.82, 2.24) is 15.5 Å². The highest BCUT2D eigenvalue weighted by molar-refractivity contribution is 5.18. The van der Waals surface area contributed by atoms with Gasteiger partial charge in [-0.3, -0.25) is 0 Å². The molecule has 0 radical (unpaired) electrons. The molecule has 1 N–H and O–H groups in total. The number of aryl methyl sites for hydroxylation is 1. The first kappa shape index (κ1) is 11.8. The minimum absolute atomic E-state index is 0.329. The van der Waals surface area contributed by atoms with E-state index in [2.05, 4.69) is 46.6 Å². The highest BCUT2D eigenvalue weighted by atomic mass is 16.5. The summed E-state index contributed by atoms with van der Waals surface area (Å²) in [5, 5.41) is 7.30. The maximum absolute atomic E-state index is 4.94. The monoisotopic (exact) mass is 231 g/mol. The number of nitrogens with one attached hydrogen (secondary N) is 1. The molecule has 0 saturated carbocycles. The number of hydrogen-bond acceptors (Lipinski definition) is 4. The van der Waals surface area contributed by atoms with Gasteiger partial charge in [-0.05, 0) is 12.0 Å². The van der Waals surface area contributed by atoms with E-state index in [0.717, 1.165) is 6.42 Å². The summed E-state index contributed by atoms with van der Waals surface area (Å²) in [5.41, 5.74) is 1.29. The Labute approximate surface area is 101 Å². The molecule has 1 unspecified atom stereocenters. The van der Waals surface area contributed by atoms with Crippen LogP contribution in [-0.4, -0.2) is 10.1 Å². The molecule has 90 valence electrons. The van der Waals surface area contributed by atoms with E-state index in [1.807, 2.05) is 6.07 Å². The highest BCUT2D eigenvalue weighted by Crippen LogP contribution is 2.16. The Morgan fingerprint density at radius 3 is 2.65 bits per heavy atom. The second-order valence-electron chi connectivity index (χ2n) is 3.98. The SMILES string of the molecule is CCC(NCc1noc(C)n1)c1ccccc1. The Balaban J connectivity index is 1.97. The van der Waals surface area contributed by atoms with Crippen LogP contribution in [-0.2, 0) is 6.54 Å². The van der Waals surface area contributed by atoms with Crippen LogP contribution in [0.15, 0.2) is 34.9 Å². The first-order valence-corrected chi connectivity index (χ1v) is 5.87. The molecular formula is C13H17N3O. The topological polar surface area (TPSA) is 51.0 Å². The molecule has 0 bridgehead atoms. The standard InChI is InChI=1S/C13H17N3O/c1-3-12(11-7-5-4-6-8-11)14-9-13-15-10(2)17-16-13/h4-8,12,14H,3,9H2,1-2H3. The van der Waals surface area contributed by atoms with Crippen molar-refractivity contribution in [3.05, 3.63) is 47.6 Å². The summed E-state index contributed by atoms with van der Waals surface area (Å²) >= 11 is 0. The van der Waals surface area contributed by atoms with E-state index in [4.69, 9.17) is 4.52 Å². The van der Waals surface area contributed by atoms with Crippen molar-refractivity contribution in [3.8, 4) is 0 Å². The van der Waals surface area contributed by atoms with Gasteiger partial charge in [0, 0.05) is 13.0 Å². The predicted octanol–water partition coefficient (Wildman–Crippen LogP) is 2.62. The lowest BCUT2D eigenvalue weighted by atomic mass is 10.0. The normalized spacial score (nSPS) is 12.6. The largest absolute Gasteiger partial charge is 0.340 e. The Kier molecular flexibility index (Phi) is 3.88. The van der Waals surface area contributed by atoms with Gasteiger partial charge in [-0.15, -0.1) is 0 Å². The van der Waals surface area contributed by atoms with E-state index < -0.39 is 0 Å². The minimum atomic E-state index is 0.329. The summed E-state index contributed by atoms with van der Waals surface area (Å²) in [6, 6.07) is 10.7. The van der Waals surface area contributed by atoms with E-state index in [9.17, 15) is 0 Å². The van der Waals surface area contributed by atoms with E-state index in [0.29, 0.717) is 24.3 Å². The predicted molar refractivity (Wildman–Crippen MR) is 65.3 cm³/mol. The van der Waals surface area contributed by atoms with Crippen molar-refractivity contribution in [2.24, 2.45) is 0 Å². The molecule has 1 aromatic carbocycles. The lowest BCUT2D eigenvalue weighted by molar-refractivity contribution is 0.383. The second-order valence-corrected chi connectivity index (χ2v) is 3.98. The molecular weight excluding hydrogens is 214 g/mol. The van der Waals surface area contributed by atoms with Gasteiger partial charge in [-0.25, -0.2) is 0 Å². The Hall–Kier alpha value is -1.68. The third kappa shape index (κ3) is 3.14. The quantitative estimate of drug-likeness (QED) is 0.859. The van der Waals surface area contributed by atoms with E-state index >= 15 is 0 Å². The number of nitrogens with zero attached hydrogens (tertiary/aromatic N) is 2. The zero-order valence-electron chi connectivity index (χ0n) is 10.2. The van der Waals surface area contributed by atoms with Crippen LogP contribution in [0.3, 0.4) is 0 Å². The van der Waals surface area contributed by atoms with Gasteiger partial charge in [-0.1, -0.05) is 42.4 Å². The van der Waals surface area contributed by atoms with Gasteiger partial charge in [0.25, 0.3) is 0 Å². The Bertz CT molecular complexity index is 453. The van der Waals surface area contributed by atoms with Crippen LogP contribution < -0.4 is 5.32 Å². The molecule has 0 spiro atoms. The van der Waals surface area contributed by atoms with Crippen molar-refractivity contribution in [2.75, 3.05) is 0 Å². The van der Waals surface area contributed by atoms with Crippen molar-refractivity contribution in [2.45, 2.75) is 32.9 Å². The van der Waals surface area contributed by atoms with Crippen molar-refractivity contribution in [3.63, 3.8) is 0 Å². The fraction of sp³-hybridized carbons (Fsp3) is 0.385. The number of benzene rings is 1. The summed E-state index contributed by atoms with van der Waals surface area (Å²) < 4.78 is 4.94. The van der Waals surface area contributed by atoms with Crippen LogP contribution in [0.25, 0.3) is 0 Å². The summed E-state index contributed by atoms with van der Waals surface area (Å²) in [6.07, 6.45) is 1.03. The minimum Gasteiger partial charge on any atom is -0.340 e. The average molecular weight is 231 g/mol. The molecule has 0 amide bonds. The highest BCUT2D eigenvalue weighted by Gasteiger charge is 2.09. The maximum atomic E-state index is 4.94. The molecule has 0 aliphatic carbocycles. The van der Waals surface area contributed by atoms with Crippen LogP contribution >= 0.6 is 0 Å². The van der Waals surface area contributed by atoms with Crippen molar-refractivity contribution in [1.29, 1.82) is 0 Å². The zero-order valence-corrected chi connectivity index (χ0v) is 10.2. The van der Waals surface area contributed by atoms with Gasteiger partial charge < -0.3 is 9.84 Å². The first-order chi connectivity index (χ1) is 8.29. The molecule has 0 fully saturated rings. The number of hydrogen-bond donors (Lipinski definition) is 1. The van der Waals surface area contributed by atoms with Crippen molar-refractivity contribution < 1.29 is 4.52 Å². The molecule has 1 aromatic heterocycles. The molecule has 4 heteroatoms. The summed E-state index contributed by atoms with van der Waals surface area (Å²) in [6.45, 7) is 4.59. The van der Waals surface area contributed by atoms with Crippen LogP contribution in [0.1, 0.15) is 36.7 Å². The molecule has 2 rings (SSSR count). The summed E-state index contributed by atoms with van der Waals surface area (Å²) in [4.78, 5) is 4.17. The fourth-order valence-electron chi connectivity index (χ4n) is 1.81. The van der Waals surface area contributed by atoms with E-state index in [1.165, 1.54) is 5.56 Å². The molecule has 0 aliphatic rings. The van der Waals surface area contributed by atoms with Crippen LogP contribution in [0.4, 0.5) is 0 Å². The first-order valence-electron chi connectivity index (χ1n) is 5.87. The van der Waals surface area contributed by atoms with Crippen LogP contribution in [0.5, 0.6) is 0 Å². The molecule has 4 nitrogen and oxygen atoms in total. The third-order valence-corrected chi connectivity index (χ3v) is 2.69. The smallest absolute Gasteiger partial charge is 0.223 e. The van der Waals surface area contributed by atoms with Crippen LogP contribution in [0.2, 0.25) is 0 Å². The molecule has 1 heterocycles. The van der Waals surface area contributed by atoms with Gasteiger partial charge in [0.15, 0.2) is 5.82 Å². The molecule has 2 aromatic rings. The molecule has 0 saturated heterocycles. The number of aromatic nitrogens is 2. The summed E-state index contributed by atoms with van der Waals surface area (Å²) in [5.74, 6) is 1.31. The molecule has 0 aliphatic heterocycles. The van der Waals surface area contributed by atoms with Gasteiger partial charge >= 0.3 is 0 Å². The Morgan fingerprint density at radius 1 is 1.29 bits per heavy atom. The lowest BCUT2D eigenvalue weighted by Gasteiger charge is -2.15. The lowest BCUT2D eigenvalue weighted by Crippen LogP contribution is -2.20. The van der Waals surface area contributed by atoms with Gasteiger partial charge in [0.05, 0.1) is 6.54 Å². The third-order valence-electron chi connectivity index (χ3n) is 2.69. The van der Waals surface area contributed by atoms with Gasteiger partial charge in [0.2, 0.25) is 5.89 Å². The summed E-state index contributed by atoms with van der Waals surface area (Å²) in [7, 11) is 0. The van der Waals surface area contributed by atoms with E-state index in [-0.39, 0.29) is 0 Å². The maximum Gasteiger partial charge on any atom is 0.223 e. The molecule has 1 atom stereocenters. The zero-order chi connectivity index (χ0) is 12.1. The van der Waals surface area contributed by atoms with Gasteiger partial charge in [-0.2, -0.15) is 4.98 Å². The molecule has 17 heavy (non-hydrogen) atoms. The average Bonchev–Trinajstić information content (AvgIpc) is 2.77. The van der Waals surface area contributed by atoms with Crippen LogP contribution in [0, 0.1) is 6.92 Å². The van der Waals surface area contributed by atoms with E-state index in [1.54, 1.807) is 6.92 Å². The second kappa shape index (κ2) is 5.59. The number of rotatable bonds is 5. The van der Waals surface area contributed by atoms with Gasteiger partial charge in [0.1, 0.15) is 0 Å². The van der Waals surface area contributed by atoms with Crippen molar-refractivity contribution >= 4 is 0 Å².